The van der Waals surface area contributed by atoms with E-state index in [1.807, 2.05) is 6.07 Å². The van der Waals surface area contributed by atoms with E-state index in [-0.39, 0.29) is 5.82 Å². The number of hydrogen-bond donors (Lipinski definition) is 0. The van der Waals surface area contributed by atoms with Crippen molar-refractivity contribution in [2.45, 2.75) is 64.3 Å². The van der Waals surface area contributed by atoms with Crippen LogP contribution in [0.5, 0.6) is 0 Å². The molecular weight excluding hydrogens is 317 g/mol. The summed E-state index contributed by atoms with van der Waals surface area (Å²) in [5.41, 5.74) is 1.28. The summed E-state index contributed by atoms with van der Waals surface area (Å²) in [6.07, 6.45) is 9.88. The SMILES string of the molecule is Cc1ccc(-c2noc(CCCN(C)C3CCCCCC3)n2)cc1F. The summed E-state index contributed by atoms with van der Waals surface area (Å²) >= 11 is 0. The first-order valence-electron chi connectivity index (χ1n) is 9.43. The summed E-state index contributed by atoms with van der Waals surface area (Å²) in [6.45, 7) is 2.78. The van der Waals surface area contributed by atoms with E-state index in [2.05, 4.69) is 22.1 Å². The molecule has 1 aromatic carbocycles. The number of aryl methyl sites for hydroxylation is 2. The van der Waals surface area contributed by atoms with Crippen LogP contribution in [0.25, 0.3) is 11.4 Å². The Morgan fingerprint density at radius 1 is 1.20 bits per heavy atom. The second-order valence-corrected chi connectivity index (χ2v) is 7.21. The third-order valence-electron chi connectivity index (χ3n) is 5.25. The second-order valence-electron chi connectivity index (χ2n) is 7.21. The molecule has 5 heteroatoms. The first kappa shape index (κ1) is 18.1. The van der Waals surface area contributed by atoms with Gasteiger partial charge in [-0.3, -0.25) is 0 Å². The summed E-state index contributed by atoms with van der Waals surface area (Å²) in [5, 5.41) is 3.99. The maximum Gasteiger partial charge on any atom is 0.227 e. The molecule has 0 aliphatic heterocycles. The highest BCUT2D eigenvalue weighted by molar-refractivity contribution is 5.54. The fourth-order valence-electron chi connectivity index (χ4n) is 3.57. The molecule has 1 aliphatic rings. The van der Waals surface area contributed by atoms with Crippen LogP contribution in [0.1, 0.15) is 56.4 Å². The van der Waals surface area contributed by atoms with E-state index < -0.39 is 0 Å². The summed E-state index contributed by atoms with van der Waals surface area (Å²) in [4.78, 5) is 6.90. The topological polar surface area (TPSA) is 42.2 Å². The quantitative estimate of drug-likeness (QED) is 0.707. The van der Waals surface area contributed by atoms with Crippen molar-refractivity contribution in [2.24, 2.45) is 0 Å². The highest BCUT2D eigenvalue weighted by atomic mass is 19.1. The minimum absolute atomic E-state index is 0.242. The molecule has 1 heterocycles. The number of benzene rings is 1. The molecule has 1 fully saturated rings. The Balaban J connectivity index is 1.50. The zero-order valence-corrected chi connectivity index (χ0v) is 15.3. The third kappa shape index (κ3) is 4.88. The van der Waals surface area contributed by atoms with E-state index in [0.29, 0.717) is 22.8 Å². The second kappa shape index (κ2) is 8.56. The van der Waals surface area contributed by atoms with Crippen LogP contribution in [-0.4, -0.2) is 34.7 Å². The first-order valence-corrected chi connectivity index (χ1v) is 9.43. The van der Waals surface area contributed by atoms with E-state index in [0.717, 1.165) is 25.4 Å². The molecule has 0 unspecified atom stereocenters. The van der Waals surface area contributed by atoms with Crippen LogP contribution < -0.4 is 0 Å². The molecule has 1 aromatic heterocycles. The summed E-state index contributed by atoms with van der Waals surface area (Å²) in [6, 6.07) is 5.75. The Morgan fingerprint density at radius 3 is 2.68 bits per heavy atom. The fourth-order valence-corrected chi connectivity index (χ4v) is 3.57. The van der Waals surface area contributed by atoms with Gasteiger partial charge in [0.15, 0.2) is 0 Å². The van der Waals surface area contributed by atoms with E-state index >= 15 is 0 Å². The van der Waals surface area contributed by atoms with Gasteiger partial charge in [-0.15, -0.1) is 0 Å². The Kier molecular flexibility index (Phi) is 6.19. The first-order chi connectivity index (χ1) is 12.1. The molecule has 0 bridgehead atoms. The van der Waals surface area contributed by atoms with Crippen LogP contribution in [0.3, 0.4) is 0 Å². The van der Waals surface area contributed by atoms with Crippen LogP contribution >= 0.6 is 0 Å². The molecule has 0 N–H and O–H groups in total. The van der Waals surface area contributed by atoms with Crippen LogP contribution in [0.15, 0.2) is 22.7 Å². The summed E-state index contributed by atoms with van der Waals surface area (Å²) in [5.74, 6) is 0.852. The van der Waals surface area contributed by atoms with Crippen LogP contribution in [0.2, 0.25) is 0 Å². The van der Waals surface area contributed by atoms with E-state index in [4.69, 9.17) is 4.52 Å². The van der Waals surface area contributed by atoms with Crippen molar-refractivity contribution in [2.75, 3.05) is 13.6 Å². The van der Waals surface area contributed by atoms with Crippen molar-refractivity contribution in [3.8, 4) is 11.4 Å². The standard InChI is InChI=1S/C20H28FN3O/c1-15-11-12-16(14-18(15)21)20-22-19(25-23-20)10-7-13-24(2)17-8-5-3-4-6-9-17/h11-12,14,17H,3-10,13H2,1-2H3. The molecule has 0 spiro atoms. The van der Waals surface area contributed by atoms with Crippen molar-refractivity contribution in [1.82, 2.24) is 15.0 Å². The van der Waals surface area contributed by atoms with Crippen LogP contribution in [-0.2, 0) is 6.42 Å². The van der Waals surface area contributed by atoms with E-state index in [1.54, 1.807) is 13.0 Å². The minimum Gasteiger partial charge on any atom is -0.339 e. The number of hydrogen-bond acceptors (Lipinski definition) is 4. The zero-order valence-electron chi connectivity index (χ0n) is 15.3. The molecule has 1 saturated carbocycles. The average molecular weight is 345 g/mol. The molecule has 0 atom stereocenters. The predicted molar refractivity (Wildman–Crippen MR) is 96.9 cm³/mol. The number of halogens is 1. The fraction of sp³-hybridized carbons (Fsp3) is 0.600. The molecular formula is C20H28FN3O. The Morgan fingerprint density at radius 2 is 1.96 bits per heavy atom. The van der Waals surface area contributed by atoms with Gasteiger partial charge in [0.25, 0.3) is 0 Å². The highest BCUT2D eigenvalue weighted by Crippen LogP contribution is 2.22. The van der Waals surface area contributed by atoms with Gasteiger partial charge in [-0.2, -0.15) is 4.98 Å². The maximum atomic E-state index is 13.7. The van der Waals surface area contributed by atoms with Gasteiger partial charge in [0, 0.05) is 18.0 Å². The molecule has 0 saturated heterocycles. The monoisotopic (exact) mass is 345 g/mol. The van der Waals surface area contributed by atoms with Gasteiger partial charge >= 0.3 is 0 Å². The largest absolute Gasteiger partial charge is 0.339 e. The molecule has 136 valence electrons. The van der Waals surface area contributed by atoms with Crippen molar-refractivity contribution in [3.05, 3.63) is 35.5 Å². The van der Waals surface area contributed by atoms with Crippen molar-refractivity contribution >= 4 is 0 Å². The maximum absolute atomic E-state index is 13.7. The van der Waals surface area contributed by atoms with Gasteiger partial charge < -0.3 is 9.42 Å². The van der Waals surface area contributed by atoms with Gasteiger partial charge in [-0.05, 0) is 51.4 Å². The smallest absolute Gasteiger partial charge is 0.227 e. The van der Waals surface area contributed by atoms with E-state index in [9.17, 15) is 4.39 Å². The lowest BCUT2D eigenvalue weighted by atomic mass is 10.1. The van der Waals surface area contributed by atoms with Gasteiger partial charge in [0.05, 0.1) is 0 Å². The summed E-state index contributed by atoms with van der Waals surface area (Å²) < 4.78 is 19.0. The molecule has 25 heavy (non-hydrogen) atoms. The van der Waals surface area contributed by atoms with E-state index in [1.165, 1.54) is 44.6 Å². The highest BCUT2D eigenvalue weighted by Gasteiger charge is 2.17. The minimum atomic E-state index is -0.242. The third-order valence-corrected chi connectivity index (χ3v) is 5.25. The zero-order chi connectivity index (χ0) is 17.6. The molecule has 0 amide bonds. The number of nitrogens with zero attached hydrogens (tertiary/aromatic N) is 3. The number of rotatable bonds is 6. The lowest BCUT2D eigenvalue weighted by Crippen LogP contribution is -2.32. The van der Waals surface area contributed by atoms with Crippen molar-refractivity contribution in [1.29, 1.82) is 0 Å². The van der Waals surface area contributed by atoms with Crippen LogP contribution in [0.4, 0.5) is 4.39 Å². The molecule has 4 nitrogen and oxygen atoms in total. The van der Waals surface area contributed by atoms with Crippen molar-refractivity contribution in [3.63, 3.8) is 0 Å². The van der Waals surface area contributed by atoms with Crippen molar-refractivity contribution < 1.29 is 8.91 Å². The van der Waals surface area contributed by atoms with Gasteiger partial charge in [0.2, 0.25) is 11.7 Å². The molecule has 1 aliphatic carbocycles. The Hall–Kier alpha value is -1.75. The lowest BCUT2D eigenvalue weighted by Gasteiger charge is -2.26. The Labute approximate surface area is 149 Å². The molecule has 2 aromatic rings. The average Bonchev–Trinajstić information content (AvgIpc) is 2.90. The lowest BCUT2D eigenvalue weighted by molar-refractivity contribution is 0.216. The van der Waals surface area contributed by atoms with Crippen LogP contribution in [0, 0.1) is 12.7 Å². The Bertz CT molecular complexity index is 677. The van der Waals surface area contributed by atoms with Gasteiger partial charge in [-0.1, -0.05) is 43.0 Å². The number of aromatic nitrogens is 2. The molecule has 3 rings (SSSR count). The molecule has 0 radical (unpaired) electrons. The van der Waals surface area contributed by atoms with Gasteiger partial charge in [0.1, 0.15) is 5.82 Å². The predicted octanol–water partition coefficient (Wildman–Crippen LogP) is 4.77. The van der Waals surface area contributed by atoms with Gasteiger partial charge in [-0.25, -0.2) is 4.39 Å². The normalized spacial score (nSPS) is 16.3. The summed E-state index contributed by atoms with van der Waals surface area (Å²) in [7, 11) is 2.23.